The van der Waals surface area contributed by atoms with E-state index in [0.29, 0.717) is 22.4 Å². The summed E-state index contributed by atoms with van der Waals surface area (Å²) in [4.78, 5) is 27.0. The van der Waals surface area contributed by atoms with E-state index in [-0.39, 0.29) is 23.9 Å². The van der Waals surface area contributed by atoms with E-state index >= 15 is 0 Å². The van der Waals surface area contributed by atoms with E-state index in [0.717, 1.165) is 7.14 Å². The molecule has 0 spiro atoms. The molecule has 0 atom stereocenters. The molecule has 0 saturated carbocycles. The highest BCUT2D eigenvalue weighted by Crippen LogP contribution is 2.31. The van der Waals surface area contributed by atoms with Gasteiger partial charge in [0.15, 0.2) is 5.70 Å². The molecule has 0 saturated heterocycles. The number of non-ortho nitro benzene ring substituents is 1. The van der Waals surface area contributed by atoms with Crippen molar-refractivity contribution in [3.05, 3.63) is 106 Å². The summed E-state index contributed by atoms with van der Waals surface area (Å²) >= 11 is 4.24. The maximum absolute atomic E-state index is 13.5. The minimum Gasteiger partial charge on any atom is -0.487 e. The molecule has 1 aliphatic rings. The van der Waals surface area contributed by atoms with Gasteiger partial charge >= 0.3 is 5.97 Å². The zero-order chi connectivity index (χ0) is 23.5. The predicted molar refractivity (Wildman–Crippen MR) is 136 cm³/mol. The fourth-order valence-corrected chi connectivity index (χ4v) is 5.16. The van der Waals surface area contributed by atoms with Gasteiger partial charge in [-0.05, 0) is 92.7 Å². The number of esters is 1. The highest BCUT2D eigenvalue weighted by molar-refractivity contribution is 14.1. The second-order valence-corrected chi connectivity index (χ2v) is 9.20. The third-order valence-corrected chi connectivity index (χ3v) is 6.12. The summed E-state index contributed by atoms with van der Waals surface area (Å²) in [7, 11) is 0. The van der Waals surface area contributed by atoms with Gasteiger partial charge in [-0.15, -0.1) is 0 Å². The number of halogens is 3. The average Bonchev–Trinajstić information content (AvgIpc) is 3.13. The molecule has 3 aromatic carbocycles. The van der Waals surface area contributed by atoms with Crippen LogP contribution >= 0.6 is 45.2 Å². The summed E-state index contributed by atoms with van der Waals surface area (Å²) in [5, 5.41) is 11.0. The molecular formula is C23H13FI2N2O5. The van der Waals surface area contributed by atoms with Crippen LogP contribution in [0, 0.1) is 23.1 Å². The molecule has 7 nitrogen and oxygen atoms in total. The van der Waals surface area contributed by atoms with Crippen LogP contribution in [-0.4, -0.2) is 16.8 Å². The van der Waals surface area contributed by atoms with Crippen LogP contribution in [0.4, 0.5) is 10.1 Å². The van der Waals surface area contributed by atoms with Crippen molar-refractivity contribution in [1.82, 2.24) is 0 Å². The molecular weight excluding hydrogens is 657 g/mol. The van der Waals surface area contributed by atoms with Gasteiger partial charge in [-0.1, -0.05) is 18.2 Å². The van der Waals surface area contributed by atoms with Crippen LogP contribution in [-0.2, 0) is 16.1 Å². The van der Waals surface area contributed by atoms with Crippen molar-refractivity contribution in [2.75, 3.05) is 0 Å². The van der Waals surface area contributed by atoms with Crippen LogP contribution in [0.25, 0.3) is 6.08 Å². The smallest absolute Gasteiger partial charge is 0.363 e. The minimum absolute atomic E-state index is 0.00378. The molecule has 4 rings (SSSR count). The highest BCUT2D eigenvalue weighted by Gasteiger charge is 2.24. The third-order valence-electron chi connectivity index (χ3n) is 4.52. The maximum Gasteiger partial charge on any atom is 0.363 e. The molecule has 33 heavy (non-hydrogen) atoms. The van der Waals surface area contributed by atoms with Gasteiger partial charge in [-0.25, -0.2) is 14.2 Å². The Balaban J connectivity index is 1.54. The quantitative estimate of drug-likeness (QED) is 0.108. The van der Waals surface area contributed by atoms with Gasteiger partial charge in [0.25, 0.3) is 5.69 Å². The van der Waals surface area contributed by atoms with E-state index in [1.54, 1.807) is 24.3 Å². The standard InChI is InChI=1S/C23H13FI2N2O5/c24-16-5-2-4-15(11-16)22-27-20(23(29)33-22)10-14-8-18(25)21(19(26)9-14)32-12-13-3-1-6-17(7-13)28(30)31/h1-11H,12H2/b20-10-. The first-order valence-corrected chi connectivity index (χ1v) is 11.6. The number of hydrogen-bond acceptors (Lipinski definition) is 6. The molecule has 0 fully saturated rings. The highest BCUT2D eigenvalue weighted by atomic mass is 127. The number of carbonyl (C=O) groups excluding carboxylic acids is 1. The first kappa shape index (κ1) is 23.3. The minimum atomic E-state index is -0.620. The first-order chi connectivity index (χ1) is 15.8. The normalized spacial score (nSPS) is 14.2. The summed E-state index contributed by atoms with van der Waals surface area (Å²) in [6.07, 6.45) is 1.59. The number of aliphatic imine (C=N–C) groups is 1. The number of hydrogen-bond donors (Lipinski definition) is 0. The summed E-state index contributed by atoms with van der Waals surface area (Å²) in [6, 6.07) is 15.6. The number of nitro benzene ring substituents is 1. The summed E-state index contributed by atoms with van der Waals surface area (Å²) in [5.41, 5.74) is 1.87. The van der Waals surface area contributed by atoms with Gasteiger partial charge in [0, 0.05) is 17.7 Å². The van der Waals surface area contributed by atoms with Crippen molar-refractivity contribution in [3.8, 4) is 5.75 Å². The van der Waals surface area contributed by atoms with Gasteiger partial charge in [0.2, 0.25) is 5.90 Å². The number of benzene rings is 3. The van der Waals surface area contributed by atoms with Crippen LogP contribution in [0.3, 0.4) is 0 Å². The van der Waals surface area contributed by atoms with E-state index in [4.69, 9.17) is 9.47 Å². The molecule has 0 aliphatic carbocycles. The summed E-state index contributed by atoms with van der Waals surface area (Å²) in [6.45, 7) is 0.168. The number of rotatable bonds is 6. The van der Waals surface area contributed by atoms with E-state index in [1.165, 1.54) is 30.3 Å². The lowest BCUT2D eigenvalue weighted by Crippen LogP contribution is -2.05. The van der Waals surface area contributed by atoms with E-state index in [2.05, 4.69) is 50.2 Å². The van der Waals surface area contributed by atoms with Gasteiger partial charge < -0.3 is 9.47 Å². The molecule has 10 heteroatoms. The van der Waals surface area contributed by atoms with Crippen LogP contribution in [0.15, 0.2) is 71.4 Å². The largest absolute Gasteiger partial charge is 0.487 e. The molecule has 166 valence electrons. The van der Waals surface area contributed by atoms with Crippen LogP contribution in [0.1, 0.15) is 16.7 Å². The van der Waals surface area contributed by atoms with Crippen molar-refractivity contribution in [2.45, 2.75) is 6.61 Å². The summed E-state index contributed by atoms with van der Waals surface area (Å²) in [5.74, 6) is -0.395. The Kier molecular flexibility index (Phi) is 7.02. The number of cyclic esters (lactones) is 1. The van der Waals surface area contributed by atoms with Crippen molar-refractivity contribution < 1.29 is 23.6 Å². The lowest BCUT2D eigenvalue weighted by atomic mass is 10.2. The number of nitrogens with zero attached hydrogens (tertiary/aromatic N) is 2. The fourth-order valence-electron chi connectivity index (χ4n) is 3.03. The van der Waals surface area contributed by atoms with Gasteiger partial charge in [0.05, 0.1) is 12.1 Å². The SMILES string of the molecule is O=C1OC(c2cccc(F)c2)=N/C1=C\c1cc(I)c(OCc2cccc([N+](=O)[O-])c2)c(I)c1. The Morgan fingerprint density at radius 2 is 1.82 bits per heavy atom. The second kappa shape index (κ2) is 9.95. The lowest BCUT2D eigenvalue weighted by molar-refractivity contribution is -0.384. The average molecular weight is 670 g/mol. The van der Waals surface area contributed by atoms with Crippen molar-refractivity contribution in [1.29, 1.82) is 0 Å². The third kappa shape index (κ3) is 5.55. The Bertz CT molecular complexity index is 1320. The zero-order valence-corrected chi connectivity index (χ0v) is 20.9. The Labute approximate surface area is 214 Å². The second-order valence-electron chi connectivity index (χ2n) is 6.88. The zero-order valence-electron chi connectivity index (χ0n) is 16.6. The molecule has 0 amide bonds. The van der Waals surface area contributed by atoms with Gasteiger partial charge in [-0.2, -0.15) is 0 Å². The molecule has 0 unspecified atom stereocenters. The fraction of sp³-hybridized carbons (Fsp3) is 0.0435. The molecule has 1 heterocycles. The number of carbonyl (C=O) groups is 1. The maximum atomic E-state index is 13.5. The topological polar surface area (TPSA) is 91.0 Å². The van der Waals surface area contributed by atoms with Crippen LogP contribution in [0.5, 0.6) is 5.75 Å². The van der Waals surface area contributed by atoms with Crippen molar-refractivity contribution in [2.24, 2.45) is 4.99 Å². The first-order valence-electron chi connectivity index (χ1n) is 9.44. The molecule has 0 aromatic heterocycles. The predicted octanol–water partition coefficient (Wildman–Crippen LogP) is 5.87. The Morgan fingerprint density at radius 3 is 2.52 bits per heavy atom. The lowest BCUT2D eigenvalue weighted by Gasteiger charge is -2.11. The van der Waals surface area contributed by atoms with E-state index < -0.39 is 16.7 Å². The van der Waals surface area contributed by atoms with Gasteiger partial charge in [0.1, 0.15) is 18.2 Å². The molecule has 0 N–H and O–H groups in total. The van der Waals surface area contributed by atoms with Crippen LogP contribution in [0.2, 0.25) is 0 Å². The van der Waals surface area contributed by atoms with E-state index in [9.17, 15) is 19.3 Å². The number of ether oxygens (including phenoxy) is 2. The summed E-state index contributed by atoms with van der Waals surface area (Å²) < 4.78 is 26.1. The van der Waals surface area contributed by atoms with Crippen LogP contribution < -0.4 is 4.74 Å². The Morgan fingerprint density at radius 1 is 1.09 bits per heavy atom. The monoisotopic (exact) mass is 670 g/mol. The molecule has 0 radical (unpaired) electrons. The molecule has 0 bridgehead atoms. The molecule has 1 aliphatic heterocycles. The van der Waals surface area contributed by atoms with Crippen molar-refractivity contribution in [3.63, 3.8) is 0 Å². The number of nitro groups is 1. The molecule has 3 aromatic rings. The van der Waals surface area contributed by atoms with Crippen molar-refractivity contribution >= 4 is 68.8 Å². The van der Waals surface area contributed by atoms with Gasteiger partial charge in [-0.3, -0.25) is 10.1 Å². The van der Waals surface area contributed by atoms with E-state index in [1.807, 2.05) is 12.1 Å². The Hall–Kier alpha value is -2.87.